The summed E-state index contributed by atoms with van der Waals surface area (Å²) in [5, 5.41) is 21.4. The van der Waals surface area contributed by atoms with Crippen molar-refractivity contribution in [3.8, 4) is 34.2 Å². The molecule has 2 aromatic carbocycles. The van der Waals surface area contributed by atoms with E-state index in [4.69, 9.17) is 23.2 Å². The zero-order valence-electron chi connectivity index (χ0n) is 18.4. The number of hydrogen-bond donors (Lipinski definition) is 2. The summed E-state index contributed by atoms with van der Waals surface area (Å²) in [6.07, 6.45) is 2.04. The van der Waals surface area contributed by atoms with Gasteiger partial charge >= 0.3 is 0 Å². The van der Waals surface area contributed by atoms with Crippen LogP contribution in [0.3, 0.4) is 0 Å². The Kier molecular flexibility index (Phi) is 5.40. The maximum Gasteiger partial charge on any atom is 0.266 e. The fraction of sp³-hybridized carbons (Fsp3) is 0.308. The number of aromatic amines is 1. The molecule has 2 N–H and O–H groups in total. The van der Waals surface area contributed by atoms with Gasteiger partial charge in [0, 0.05) is 26.7 Å². The van der Waals surface area contributed by atoms with Crippen LogP contribution in [0.25, 0.3) is 22.4 Å². The Bertz CT molecular complexity index is 1350. The highest BCUT2D eigenvalue weighted by molar-refractivity contribution is 6.35. The monoisotopic (exact) mass is 466 g/mol. The summed E-state index contributed by atoms with van der Waals surface area (Å²) in [5.41, 5.74) is 3.31. The van der Waals surface area contributed by atoms with Gasteiger partial charge < -0.3 is 10.1 Å². The number of nitrogens with one attached hydrogen (secondary N) is 1. The number of fused-ring (bicyclic) bond motifs is 1. The molecule has 1 aliphatic rings. The van der Waals surface area contributed by atoms with Gasteiger partial charge in [-0.05, 0) is 71.2 Å². The maximum atomic E-state index is 12.8. The van der Waals surface area contributed by atoms with Crippen LogP contribution in [0.2, 0.25) is 10.0 Å². The number of hydrogen-bond acceptors (Lipinski definition) is 3. The first-order chi connectivity index (χ1) is 14.9. The molecule has 0 aliphatic heterocycles. The highest BCUT2D eigenvalue weighted by atomic mass is 35.5. The Labute approximate surface area is 197 Å². The SMILES string of the molecule is CC1(C)CCC(C)(C)c2cc(-c3cc(-c4cc(Cl)ccc4Cl)c(C#N)c(=O)[nH]3)c(O)cc21. The molecule has 0 radical (unpaired) electrons. The topological polar surface area (TPSA) is 76.9 Å². The Morgan fingerprint density at radius 1 is 0.938 bits per heavy atom. The lowest BCUT2D eigenvalue weighted by atomic mass is 9.63. The van der Waals surface area contributed by atoms with Crippen LogP contribution in [0.15, 0.2) is 41.2 Å². The summed E-state index contributed by atoms with van der Waals surface area (Å²) >= 11 is 12.5. The molecule has 0 saturated carbocycles. The van der Waals surface area contributed by atoms with Crippen LogP contribution in [0.5, 0.6) is 5.75 Å². The van der Waals surface area contributed by atoms with E-state index < -0.39 is 5.56 Å². The van der Waals surface area contributed by atoms with Gasteiger partial charge in [-0.2, -0.15) is 5.26 Å². The van der Waals surface area contributed by atoms with E-state index in [2.05, 4.69) is 32.7 Å². The fourth-order valence-electron chi connectivity index (χ4n) is 4.55. The molecule has 1 heterocycles. The van der Waals surface area contributed by atoms with Gasteiger partial charge in [-0.15, -0.1) is 0 Å². The molecule has 1 aliphatic carbocycles. The molecule has 0 bridgehead atoms. The molecular weight excluding hydrogens is 443 g/mol. The number of aromatic nitrogens is 1. The van der Waals surface area contributed by atoms with E-state index in [9.17, 15) is 15.2 Å². The molecular formula is C26H24Cl2N2O2. The molecule has 4 rings (SSSR count). The third-order valence-corrected chi connectivity index (χ3v) is 7.19. The summed E-state index contributed by atoms with van der Waals surface area (Å²) in [6, 6.07) is 12.3. The van der Waals surface area contributed by atoms with Crippen LogP contribution in [-0.4, -0.2) is 10.1 Å². The second-order valence-electron chi connectivity index (χ2n) is 9.72. The maximum absolute atomic E-state index is 12.8. The lowest BCUT2D eigenvalue weighted by Crippen LogP contribution is -2.33. The standard InChI is InChI=1S/C26H24Cl2N2O2/c1-25(2)7-8-26(3,4)20-12-23(31)17(10-19(20)25)22-11-15(18(13-29)24(32)30-22)16-9-14(27)5-6-21(16)28/h5-6,9-12,31H,7-8H2,1-4H3,(H,30,32). The number of halogens is 2. The largest absolute Gasteiger partial charge is 0.507 e. The third-order valence-electron chi connectivity index (χ3n) is 6.62. The predicted octanol–water partition coefficient (Wildman–Crippen LogP) is 6.94. The van der Waals surface area contributed by atoms with Crippen LogP contribution in [-0.2, 0) is 10.8 Å². The molecule has 4 nitrogen and oxygen atoms in total. The average Bonchev–Trinajstić information content (AvgIpc) is 2.72. The van der Waals surface area contributed by atoms with Crippen LogP contribution >= 0.6 is 23.2 Å². The van der Waals surface area contributed by atoms with Crippen LogP contribution < -0.4 is 5.56 Å². The number of pyridine rings is 1. The average molecular weight is 467 g/mol. The van der Waals surface area contributed by atoms with Crippen molar-refractivity contribution in [1.29, 1.82) is 5.26 Å². The minimum absolute atomic E-state index is 0.0571. The summed E-state index contributed by atoms with van der Waals surface area (Å²) in [4.78, 5) is 15.6. The molecule has 1 aromatic heterocycles. The number of nitriles is 1. The zero-order chi connectivity index (χ0) is 23.4. The van der Waals surface area contributed by atoms with Crippen molar-refractivity contribution in [2.75, 3.05) is 0 Å². The van der Waals surface area contributed by atoms with Gasteiger partial charge in [-0.25, -0.2) is 0 Å². The molecule has 0 unspecified atom stereocenters. The van der Waals surface area contributed by atoms with Gasteiger partial charge in [-0.3, -0.25) is 4.79 Å². The van der Waals surface area contributed by atoms with Crippen molar-refractivity contribution in [3.63, 3.8) is 0 Å². The van der Waals surface area contributed by atoms with Crippen LogP contribution in [0, 0.1) is 11.3 Å². The number of H-pyrrole nitrogens is 1. The fourth-order valence-corrected chi connectivity index (χ4v) is 4.94. The molecule has 3 aromatic rings. The first-order valence-corrected chi connectivity index (χ1v) is 11.2. The highest BCUT2D eigenvalue weighted by Crippen LogP contribution is 2.49. The molecule has 32 heavy (non-hydrogen) atoms. The van der Waals surface area contributed by atoms with Crippen molar-refractivity contribution in [1.82, 2.24) is 4.98 Å². The Morgan fingerprint density at radius 3 is 2.19 bits per heavy atom. The molecule has 6 heteroatoms. The smallest absolute Gasteiger partial charge is 0.266 e. The Morgan fingerprint density at radius 2 is 1.56 bits per heavy atom. The van der Waals surface area contributed by atoms with Gasteiger partial charge in [-0.1, -0.05) is 50.9 Å². The lowest BCUT2D eigenvalue weighted by Gasteiger charge is -2.42. The van der Waals surface area contributed by atoms with Gasteiger partial charge in [0.1, 0.15) is 17.4 Å². The molecule has 0 atom stereocenters. The van der Waals surface area contributed by atoms with Crippen LogP contribution in [0.4, 0.5) is 0 Å². The summed E-state index contributed by atoms with van der Waals surface area (Å²) in [7, 11) is 0. The molecule has 164 valence electrons. The van der Waals surface area contributed by atoms with Gasteiger partial charge in [0.05, 0.1) is 5.69 Å². The Balaban J connectivity index is 2.00. The second kappa shape index (κ2) is 7.69. The minimum atomic E-state index is -0.548. The van der Waals surface area contributed by atoms with Crippen molar-refractivity contribution < 1.29 is 5.11 Å². The second-order valence-corrected chi connectivity index (χ2v) is 10.6. The van der Waals surface area contributed by atoms with Gasteiger partial charge in [0.15, 0.2) is 0 Å². The number of phenolic OH excluding ortho intramolecular Hbond substituents is 1. The number of phenols is 1. The van der Waals surface area contributed by atoms with E-state index in [1.165, 1.54) is 0 Å². The number of aromatic hydroxyl groups is 1. The van der Waals surface area contributed by atoms with E-state index >= 15 is 0 Å². The zero-order valence-corrected chi connectivity index (χ0v) is 19.9. The number of rotatable bonds is 2. The first kappa shape index (κ1) is 22.5. The summed E-state index contributed by atoms with van der Waals surface area (Å²) in [6.45, 7) is 8.76. The van der Waals surface area contributed by atoms with Gasteiger partial charge in [0.25, 0.3) is 5.56 Å². The van der Waals surface area contributed by atoms with Crippen LogP contribution in [0.1, 0.15) is 57.2 Å². The quantitative estimate of drug-likeness (QED) is 0.429. The van der Waals surface area contributed by atoms with E-state index in [-0.39, 0.29) is 22.1 Å². The number of nitrogens with zero attached hydrogens (tertiary/aromatic N) is 1. The Hall–Kier alpha value is -2.74. The lowest BCUT2D eigenvalue weighted by molar-refractivity contribution is 0.330. The summed E-state index contributed by atoms with van der Waals surface area (Å²) < 4.78 is 0. The molecule has 0 fully saturated rings. The van der Waals surface area contributed by atoms with E-state index in [1.54, 1.807) is 24.3 Å². The normalized spacial score (nSPS) is 16.3. The predicted molar refractivity (Wildman–Crippen MR) is 130 cm³/mol. The minimum Gasteiger partial charge on any atom is -0.507 e. The molecule has 0 saturated heterocycles. The third kappa shape index (κ3) is 3.70. The van der Waals surface area contributed by atoms with Crippen molar-refractivity contribution >= 4 is 23.2 Å². The van der Waals surface area contributed by atoms with E-state index in [1.807, 2.05) is 18.2 Å². The highest BCUT2D eigenvalue weighted by Gasteiger charge is 2.38. The van der Waals surface area contributed by atoms with Crippen molar-refractivity contribution in [2.24, 2.45) is 0 Å². The van der Waals surface area contributed by atoms with Crippen molar-refractivity contribution in [3.05, 3.63) is 73.5 Å². The van der Waals surface area contributed by atoms with E-state index in [0.717, 1.165) is 24.0 Å². The molecule has 0 amide bonds. The molecule has 0 spiro atoms. The summed E-state index contributed by atoms with van der Waals surface area (Å²) in [5.74, 6) is 0.0815. The van der Waals surface area contributed by atoms with Crippen molar-refractivity contribution in [2.45, 2.75) is 51.4 Å². The first-order valence-electron chi connectivity index (χ1n) is 10.5. The van der Waals surface area contributed by atoms with Gasteiger partial charge in [0.2, 0.25) is 0 Å². The van der Waals surface area contributed by atoms with E-state index in [0.29, 0.717) is 32.4 Å². The number of benzene rings is 2.